The number of ether oxygens (including phenoxy) is 1. The molecule has 0 spiro atoms. The Morgan fingerprint density at radius 1 is 1.14 bits per heavy atom. The van der Waals surface area contributed by atoms with E-state index in [2.05, 4.69) is 21.6 Å². The molecule has 0 radical (unpaired) electrons. The minimum absolute atomic E-state index is 0.148. The second-order valence-corrected chi connectivity index (χ2v) is 11.4. The standard InChI is InChI=1S/C26H30N4O5S/c1-16-6-4-7-17(2)23(16)21-13-22(35-15-19(27)14-26(3)10-11-26)29-25(28-21)30-36(33,34)20-9-5-8-18(12-20)24(31)32/h4-9,12-13,19H,10-11,14-15,27H2,1-3H3,(H,31,32)(H,28,29,30)/t19-/m1/s1. The Balaban J connectivity index is 1.67. The Labute approximate surface area is 210 Å². The molecule has 4 N–H and O–H groups in total. The molecule has 9 nitrogen and oxygen atoms in total. The number of rotatable bonds is 10. The molecule has 0 aliphatic heterocycles. The van der Waals surface area contributed by atoms with Crippen molar-refractivity contribution < 1.29 is 23.1 Å². The fraction of sp³-hybridized carbons (Fsp3) is 0.346. The number of benzene rings is 2. The second-order valence-electron chi connectivity index (χ2n) is 9.71. The highest BCUT2D eigenvalue weighted by Gasteiger charge is 2.38. The zero-order valence-corrected chi connectivity index (χ0v) is 21.3. The molecule has 3 aromatic rings. The van der Waals surface area contributed by atoms with Crippen LogP contribution in [0.1, 0.15) is 47.7 Å². The SMILES string of the molecule is Cc1cccc(C)c1-c1cc(OC[C@H](N)CC2(C)CC2)nc(NS(=O)(=O)c2cccc(C(=O)O)c2)n1. The molecular weight excluding hydrogens is 480 g/mol. The van der Waals surface area contributed by atoms with Crippen LogP contribution in [0.3, 0.4) is 0 Å². The van der Waals surface area contributed by atoms with Crippen LogP contribution in [-0.4, -0.2) is 42.1 Å². The van der Waals surface area contributed by atoms with Crippen molar-refractivity contribution in [2.24, 2.45) is 11.1 Å². The van der Waals surface area contributed by atoms with Crippen molar-refractivity contribution in [1.29, 1.82) is 0 Å². The molecule has 190 valence electrons. The molecule has 36 heavy (non-hydrogen) atoms. The molecule has 0 saturated heterocycles. The maximum atomic E-state index is 13.1. The van der Waals surface area contributed by atoms with Gasteiger partial charge in [-0.3, -0.25) is 0 Å². The summed E-state index contributed by atoms with van der Waals surface area (Å²) in [6, 6.07) is 12.4. The van der Waals surface area contributed by atoms with Crippen molar-refractivity contribution in [2.75, 3.05) is 11.3 Å². The predicted molar refractivity (Wildman–Crippen MR) is 137 cm³/mol. The van der Waals surface area contributed by atoms with E-state index in [1.54, 1.807) is 6.07 Å². The van der Waals surface area contributed by atoms with Crippen LogP contribution in [0.4, 0.5) is 5.95 Å². The van der Waals surface area contributed by atoms with E-state index in [-0.39, 0.29) is 40.4 Å². The molecule has 1 aromatic heterocycles. The first-order chi connectivity index (χ1) is 17.0. The zero-order chi connectivity index (χ0) is 26.1. The van der Waals surface area contributed by atoms with Gasteiger partial charge in [0, 0.05) is 17.7 Å². The molecule has 2 aromatic carbocycles. The Morgan fingerprint density at radius 2 is 1.81 bits per heavy atom. The van der Waals surface area contributed by atoms with Gasteiger partial charge < -0.3 is 15.6 Å². The summed E-state index contributed by atoms with van der Waals surface area (Å²) in [5.41, 5.74) is 9.65. The molecule has 1 aliphatic rings. The fourth-order valence-electron chi connectivity index (χ4n) is 4.17. The van der Waals surface area contributed by atoms with Gasteiger partial charge >= 0.3 is 5.97 Å². The predicted octanol–water partition coefficient (Wildman–Crippen LogP) is 4.16. The van der Waals surface area contributed by atoms with Crippen LogP contribution in [0.2, 0.25) is 0 Å². The van der Waals surface area contributed by atoms with E-state index in [4.69, 9.17) is 10.5 Å². The molecule has 1 saturated carbocycles. The summed E-state index contributed by atoms with van der Waals surface area (Å²) in [4.78, 5) is 19.8. The molecule has 1 atom stereocenters. The number of sulfonamides is 1. The van der Waals surface area contributed by atoms with Crippen LogP contribution < -0.4 is 15.2 Å². The highest BCUT2D eigenvalue weighted by atomic mass is 32.2. The number of hydrogen-bond donors (Lipinski definition) is 3. The van der Waals surface area contributed by atoms with Gasteiger partial charge in [-0.2, -0.15) is 4.98 Å². The third-order valence-corrected chi connectivity index (χ3v) is 7.69. The molecule has 4 rings (SSSR count). The molecule has 1 aliphatic carbocycles. The summed E-state index contributed by atoms with van der Waals surface area (Å²) in [6.07, 6.45) is 3.14. The monoisotopic (exact) mass is 510 g/mol. The summed E-state index contributed by atoms with van der Waals surface area (Å²) in [5.74, 6) is -1.22. The summed E-state index contributed by atoms with van der Waals surface area (Å²) in [5, 5.41) is 9.23. The number of carboxylic acids is 1. The summed E-state index contributed by atoms with van der Waals surface area (Å²) < 4.78 is 34.4. The van der Waals surface area contributed by atoms with Crippen molar-refractivity contribution in [3.8, 4) is 17.1 Å². The average Bonchev–Trinajstić information content (AvgIpc) is 3.53. The van der Waals surface area contributed by atoms with Crippen molar-refractivity contribution in [3.05, 3.63) is 65.2 Å². The van der Waals surface area contributed by atoms with Crippen molar-refractivity contribution in [2.45, 2.75) is 51.0 Å². The second kappa shape index (κ2) is 9.87. The number of carbonyl (C=O) groups is 1. The molecule has 1 heterocycles. The number of aryl methyl sites for hydroxylation is 2. The van der Waals surface area contributed by atoms with Gasteiger partial charge in [0.05, 0.1) is 16.2 Å². The topological polar surface area (TPSA) is 144 Å². The maximum absolute atomic E-state index is 13.1. The number of carboxylic acid groups (broad SMARTS) is 1. The highest BCUT2D eigenvalue weighted by molar-refractivity contribution is 7.92. The third-order valence-electron chi connectivity index (χ3n) is 6.36. The molecule has 0 unspecified atom stereocenters. The van der Waals surface area contributed by atoms with Crippen LogP contribution >= 0.6 is 0 Å². The van der Waals surface area contributed by atoms with Gasteiger partial charge in [-0.1, -0.05) is 31.2 Å². The van der Waals surface area contributed by atoms with Crippen LogP contribution in [-0.2, 0) is 10.0 Å². The largest absolute Gasteiger partial charge is 0.478 e. The van der Waals surface area contributed by atoms with Gasteiger partial charge in [0.15, 0.2) is 0 Å². The van der Waals surface area contributed by atoms with E-state index in [1.807, 2.05) is 32.0 Å². The van der Waals surface area contributed by atoms with Gasteiger partial charge in [0.1, 0.15) is 6.61 Å². The fourth-order valence-corrected chi connectivity index (χ4v) is 5.16. The van der Waals surface area contributed by atoms with E-state index in [1.165, 1.54) is 18.2 Å². The minimum atomic E-state index is -4.17. The first-order valence-corrected chi connectivity index (χ1v) is 13.1. The normalized spacial score (nSPS) is 15.2. The summed E-state index contributed by atoms with van der Waals surface area (Å²) in [6.45, 7) is 6.31. The van der Waals surface area contributed by atoms with E-state index < -0.39 is 16.0 Å². The number of anilines is 1. The number of nitrogens with two attached hydrogens (primary N) is 1. The number of nitrogens with one attached hydrogen (secondary N) is 1. The number of aromatic nitrogens is 2. The lowest BCUT2D eigenvalue weighted by Gasteiger charge is -2.18. The van der Waals surface area contributed by atoms with Gasteiger partial charge in [-0.05, 0) is 67.9 Å². The van der Waals surface area contributed by atoms with Gasteiger partial charge in [0.25, 0.3) is 10.0 Å². The highest BCUT2D eigenvalue weighted by Crippen LogP contribution is 2.48. The van der Waals surface area contributed by atoms with Crippen molar-refractivity contribution in [3.63, 3.8) is 0 Å². The van der Waals surface area contributed by atoms with Gasteiger partial charge in [-0.25, -0.2) is 22.9 Å². The van der Waals surface area contributed by atoms with Crippen LogP contribution in [0, 0.1) is 19.3 Å². The van der Waals surface area contributed by atoms with E-state index in [9.17, 15) is 18.3 Å². The smallest absolute Gasteiger partial charge is 0.335 e. The number of aromatic carboxylic acids is 1. The van der Waals surface area contributed by atoms with Crippen molar-refractivity contribution >= 4 is 21.9 Å². The summed E-state index contributed by atoms with van der Waals surface area (Å²) >= 11 is 0. The van der Waals surface area contributed by atoms with Gasteiger partial charge in [-0.15, -0.1) is 0 Å². The van der Waals surface area contributed by atoms with Crippen LogP contribution in [0.15, 0.2) is 53.4 Å². The Morgan fingerprint density at radius 3 is 2.44 bits per heavy atom. The Hall–Kier alpha value is -3.50. The molecule has 1 fully saturated rings. The van der Waals surface area contributed by atoms with E-state index in [0.717, 1.165) is 42.0 Å². The number of nitrogens with zero attached hydrogens (tertiary/aromatic N) is 2. The lowest BCUT2D eigenvalue weighted by Crippen LogP contribution is -2.30. The summed E-state index contributed by atoms with van der Waals surface area (Å²) in [7, 11) is -4.17. The van der Waals surface area contributed by atoms with E-state index >= 15 is 0 Å². The molecule has 0 amide bonds. The van der Waals surface area contributed by atoms with Crippen molar-refractivity contribution in [1.82, 2.24) is 9.97 Å². The first kappa shape index (κ1) is 25.6. The average molecular weight is 511 g/mol. The lowest BCUT2D eigenvalue weighted by molar-refractivity contribution is 0.0696. The first-order valence-electron chi connectivity index (χ1n) is 11.7. The molecule has 10 heteroatoms. The third kappa shape index (κ3) is 6.00. The van der Waals surface area contributed by atoms with Crippen LogP contribution in [0.5, 0.6) is 5.88 Å². The van der Waals surface area contributed by atoms with Crippen LogP contribution in [0.25, 0.3) is 11.3 Å². The Kier molecular flexibility index (Phi) is 7.01. The van der Waals surface area contributed by atoms with E-state index in [0.29, 0.717) is 5.69 Å². The maximum Gasteiger partial charge on any atom is 0.335 e. The Bertz CT molecular complexity index is 1380. The number of hydrogen-bond acceptors (Lipinski definition) is 7. The lowest BCUT2D eigenvalue weighted by atomic mass is 10.00. The minimum Gasteiger partial charge on any atom is -0.478 e. The van der Waals surface area contributed by atoms with Gasteiger partial charge in [0.2, 0.25) is 11.8 Å². The molecular formula is C26H30N4O5S. The quantitative estimate of drug-likeness (QED) is 0.369. The zero-order valence-electron chi connectivity index (χ0n) is 20.5. The molecule has 0 bridgehead atoms.